The van der Waals surface area contributed by atoms with Crippen LogP contribution in [0.4, 0.5) is 5.69 Å². The molecule has 0 spiro atoms. The van der Waals surface area contributed by atoms with Crippen LogP contribution in [0.15, 0.2) is 29.6 Å². The number of nitrogens with zero attached hydrogens (tertiary/aromatic N) is 1. The zero-order chi connectivity index (χ0) is 15.2. The number of benzene rings is 1. The first-order valence-electron chi connectivity index (χ1n) is 6.28. The topological polar surface area (TPSA) is 73.6 Å². The van der Waals surface area contributed by atoms with Crippen molar-refractivity contribution in [2.24, 2.45) is 0 Å². The van der Waals surface area contributed by atoms with Gasteiger partial charge in [0, 0.05) is 23.5 Å². The normalized spacial score (nSPS) is 10.4. The predicted molar refractivity (Wildman–Crippen MR) is 81.1 cm³/mol. The molecule has 0 saturated heterocycles. The highest BCUT2D eigenvalue weighted by Gasteiger charge is 2.19. The lowest BCUT2D eigenvalue weighted by atomic mass is 10.1. The summed E-state index contributed by atoms with van der Waals surface area (Å²) >= 11 is 1.64. The van der Waals surface area contributed by atoms with E-state index in [9.17, 15) is 10.1 Å². The van der Waals surface area contributed by atoms with Crippen molar-refractivity contribution in [2.75, 3.05) is 14.2 Å². The number of methoxy groups -OCH3 is 2. The number of hydrogen-bond donors (Lipinski definition) is 1. The van der Waals surface area contributed by atoms with Gasteiger partial charge in [0.25, 0.3) is 5.69 Å². The van der Waals surface area contributed by atoms with E-state index in [1.54, 1.807) is 17.4 Å². The van der Waals surface area contributed by atoms with E-state index in [-0.39, 0.29) is 5.69 Å². The Morgan fingerprint density at radius 2 is 1.95 bits per heavy atom. The summed E-state index contributed by atoms with van der Waals surface area (Å²) in [6.07, 6.45) is 0. The summed E-state index contributed by atoms with van der Waals surface area (Å²) < 4.78 is 10.3. The van der Waals surface area contributed by atoms with Crippen LogP contribution in [0, 0.1) is 10.1 Å². The summed E-state index contributed by atoms with van der Waals surface area (Å²) in [6, 6.07) is 7.01. The van der Waals surface area contributed by atoms with Gasteiger partial charge in [0.2, 0.25) is 0 Å². The number of ether oxygens (including phenoxy) is 2. The molecule has 2 aromatic rings. The van der Waals surface area contributed by atoms with Gasteiger partial charge in [-0.15, -0.1) is 11.3 Å². The van der Waals surface area contributed by atoms with Gasteiger partial charge in [-0.2, -0.15) is 0 Å². The first kappa shape index (κ1) is 15.3. The van der Waals surface area contributed by atoms with Crippen molar-refractivity contribution in [3.05, 3.63) is 50.2 Å². The Kier molecular flexibility index (Phi) is 5.13. The number of nitro benzene ring substituents is 1. The van der Waals surface area contributed by atoms with Crippen LogP contribution in [0.25, 0.3) is 0 Å². The lowest BCUT2D eigenvalue weighted by Crippen LogP contribution is -2.13. The fourth-order valence-corrected chi connectivity index (χ4v) is 2.63. The van der Waals surface area contributed by atoms with Crippen molar-refractivity contribution in [2.45, 2.75) is 13.1 Å². The Labute approximate surface area is 126 Å². The van der Waals surface area contributed by atoms with Crippen LogP contribution in [0.3, 0.4) is 0 Å². The van der Waals surface area contributed by atoms with E-state index >= 15 is 0 Å². The summed E-state index contributed by atoms with van der Waals surface area (Å²) in [5.74, 6) is 0.835. The molecular formula is C14H16N2O4S. The molecule has 0 saturated carbocycles. The van der Waals surface area contributed by atoms with Gasteiger partial charge in [0.05, 0.1) is 25.2 Å². The van der Waals surface area contributed by atoms with Crippen LogP contribution in [0.2, 0.25) is 0 Å². The van der Waals surface area contributed by atoms with Crippen LogP contribution in [0.5, 0.6) is 11.5 Å². The van der Waals surface area contributed by atoms with Crippen molar-refractivity contribution < 1.29 is 14.4 Å². The minimum Gasteiger partial charge on any atom is -0.493 e. The van der Waals surface area contributed by atoms with Crippen LogP contribution in [0.1, 0.15) is 10.4 Å². The van der Waals surface area contributed by atoms with Crippen molar-refractivity contribution in [1.29, 1.82) is 0 Å². The maximum absolute atomic E-state index is 11.2. The summed E-state index contributed by atoms with van der Waals surface area (Å²) in [4.78, 5) is 11.9. The Balaban J connectivity index is 2.17. The van der Waals surface area contributed by atoms with E-state index in [4.69, 9.17) is 9.47 Å². The van der Waals surface area contributed by atoms with E-state index in [2.05, 4.69) is 5.32 Å². The third-order valence-corrected chi connectivity index (χ3v) is 3.85. The first-order chi connectivity index (χ1) is 10.2. The number of nitrogens with one attached hydrogen (secondary N) is 1. The number of hydrogen-bond acceptors (Lipinski definition) is 6. The molecule has 0 atom stereocenters. The van der Waals surface area contributed by atoms with Gasteiger partial charge in [-0.3, -0.25) is 10.1 Å². The Morgan fingerprint density at radius 3 is 2.52 bits per heavy atom. The van der Waals surface area contributed by atoms with E-state index < -0.39 is 4.92 Å². The lowest BCUT2D eigenvalue weighted by molar-refractivity contribution is -0.385. The zero-order valence-corrected chi connectivity index (χ0v) is 12.6. The molecule has 21 heavy (non-hydrogen) atoms. The fourth-order valence-electron chi connectivity index (χ4n) is 1.96. The van der Waals surface area contributed by atoms with E-state index in [1.807, 2.05) is 17.5 Å². The molecule has 7 heteroatoms. The number of thiophene rings is 1. The molecule has 112 valence electrons. The number of nitro groups is 1. The predicted octanol–water partition coefficient (Wildman–Crippen LogP) is 2.96. The maximum Gasteiger partial charge on any atom is 0.277 e. The molecule has 0 aliphatic rings. The summed E-state index contributed by atoms with van der Waals surface area (Å²) in [6.45, 7) is 1.05. The average molecular weight is 308 g/mol. The van der Waals surface area contributed by atoms with Gasteiger partial charge in [0.1, 0.15) is 0 Å². The van der Waals surface area contributed by atoms with Crippen LogP contribution in [-0.4, -0.2) is 19.1 Å². The second kappa shape index (κ2) is 7.05. The van der Waals surface area contributed by atoms with Crippen LogP contribution < -0.4 is 14.8 Å². The van der Waals surface area contributed by atoms with E-state index in [0.29, 0.717) is 30.2 Å². The second-order valence-corrected chi connectivity index (χ2v) is 5.31. The van der Waals surface area contributed by atoms with Gasteiger partial charge in [-0.25, -0.2) is 0 Å². The first-order valence-corrected chi connectivity index (χ1v) is 7.16. The highest BCUT2D eigenvalue weighted by atomic mass is 32.1. The third-order valence-electron chi connectivity index (χ3n) is 2.98. The molecule has 6 nitrogen and oxygen atoms in total. The molecule has 0 unspecified atom stereocenters. The van der Waals surface area contributed by atoms with Gasteiger partial charge < -0.3 is 14.8 Å². The van der Waals surface area contributed by atoms with Crippen molar-refractivity contribution in [1.82, 2.24) is 5.32 Å². The quantitative estimate of drug-likeness (QED) is 0.629. The molecule has 1 N–H and O–H groups in total. The smallest absolute Gasteiger partial charge is 0.277 e. The maximum atomic E-state index is 11.2. The molecule has 0 bridgehead atoms. The van der Waals surface area contributed by atoms with Crippen LogP contribution >= 0.6 is 11.3 Å². The summed E-state index contributed by atoms with van der Waals surface area (Å²) in [5, 5.41) is 16.4. The Hall–Kier alpha value is -2.12. The fraction of sp³-hybridized carbons (Fsp3) is 0.286. The molecule has 1 aromatic heterocycles. The summed E-state index contributed by atoms with van der Waals surface area (Å²) in [5.41, 5.74) is 0.584. The molecular weight excluding hydrogens is 292 g/mol. The number of rotatable bonds is 7. The standard InChI is InChI=1S/C14H16N2O4S/c1-19-13-6-10(8-15-9-11-4-3-5-21-11)12(16(17)18)7-14(13)20-2/h3-7,15H,8-9H2,1-2H3. The van der Waals surface area contributed by atoms with Gasteiger partial charge in [0.15, 0.2) is 11.5 Å². The lowest BCUT2D eigenvalue weighted by Gasteiger charge is -2.11. The minimum absolute atomic E-state index is 0.0197. The minimum atomic E-state index is -0.413. The van der Waals surface area contributed by atoms with Gasteiger partial charge in [-0.1, -0.05) is 6.07 Å². The Bertz CT molecular complexity index is 614. The molecule has 0 amide bonds. The molecule has 1 aromatic carbocycles. The van der Waals surface area contributed by atoms with E-state index in [1.165, 1.54) is 25.2 Å². The molecule has 0 radical (unpaired) electrons. The SMILES string of the molecule is COc1cc(CNCc2cccs2)c([N+](=O)[O-])cc1OC. The highest BCUT2D eigenvalue weighted by Crippen LogP contribution is 2.34. The van der Waals surface area contributed by atoms with E-state index in [0.717, 1.165) is 0 Å². The van der Waals surface area contributed by atoms with Crippen molar-refractivity contribution >= 4 is 17.0 Å². The van der Waals surface area contributed by atoms with Gasteiger partial charge in [-0.05, 0) is 17.5 Å². The Morgan fingerprint density at radius 1 is 1.24 bits per heavy atom. The van der Waals surface area contributed by atoms with Crippen LogP contribution in [-0.2, 0) is 13.1 Å². The average Bonchev–Trinajstić information content (AvgIpc) is 2.99. The zero-order valence-electron chi connectivity index (χ0n) is 11.8. The molecule has 0 fully saturated rings. The summed E-state index contributed by atoms with van der Waals surface area (Å²) in [7, 11) is 2.96. The molecule has 1 heterocycles. The van der Waals surface area contributed by atoms with Crippen molar-refractivity contribution in [3.63, 3.8) is 0 Å². The highest BCUT2D eigenvalue weighted by molar-refractivity contribution is 7.09. The largest absolute Gasteiger partial charge is 0.493 e. The monoisotopic (exact) mass is 308 g/mol. The molecule has 0 aliphatic carbocycles. The third kappa shape index (κ3) is 3.71. The van der Waals surface area contributed by atoms with Gasteiger partial charge >= 0.3 is 0 Å². The molecule has 0 aliphatic heterocycles. The molecule has 2 rings (SSSR count). The second-order valence-electron chi connectivity index (χ2n) is 4.28. The van der Waals surface area contributed by atoms with Crippen molar-refractivity contribution in [3.8, 4) is 11.5 Å².